The Bertz CT molecular complexity index is 1260. The van der Waals surface area contributed by atoms with Crippen LogP contribution in [0.1, 0.15) is 0 Å². The van der Waals surface area contributed by atoms with Crippen molar-refractivity contribution in [2.75, 3.05) is 105 Å². The number of aliphatic carboxylic acids is 2. The molecule has 0 aromatic heterocycles. The first-order valence-electron chi connectivity index (χ1n) is 17.2. The first-order valence-corrected chi connectivity index (χ1v) is 17.2. The maximum absolute atomic E-state index is 11.8. The van der Waals surface area contributed by atoms with Crippen molar-refractivity contribution >= 4 is 24.0 Å². The van der Waals surface area contributed by atoms with E-state index in [9.17, 15) is 19.8 Å². The minimum absolute atomic E-state index is 0.0867. The summed E-state index contributed by atoms with van der Waals surface area (Å²) in [6.45, 7) is 7.93. The molecule has 2 aliphatic heterocycles. The zero-order valence-corrected chi connectivity index (χ0v) is 29.9. The first-order chi connectivity index (χ1) is 25.9. The number of aliphatic hydroxyl groups excluding tert-OH is 2. The third-order valence-electron chi connectivity index (χ3n) is 7.25. The number of rotatable bonds is 16. The zero-order valence-electron chi connectivity index (χ0n) is 29.9. The summed E-state index contributed by atoms with van der Waals surface area (Å²) < 4.78 is 21.2. The van der Waals surface area contributed by atoms with Crippen LogP contribution in [0.15, 0.2) is 48.5 Å². The second-order valence-electron chi connectivity index (χ2n) is 11.6. The number of aliphatic hydroxyl groups is 2. The molecule has 0 saturated carbocycles. The number of phenolic OH excluding ortho intramolecular Hbond substituents is 2. The number of nitrogens with zero attached hydrogens (tertiary/aromatic N) is 2. The van der Waals surface area contributed by atoms with Gasteiger partial charge in [0, 0.05) is 65.4 Å². The molecule has 20 nitrogen and oxygen atoms in total. The molecule has 10 N–H and O–H groups in total. The summed E-state index contributed by atoms with van der Waals surface area (Å²) >= 11 is 0. The van der Waals surface area contributed by atoms with Crippen molar-refractivity contribution in [1.29, 1.82) is 0 Å². The van der Waals surface area contributed by atoms with Gasteiger partial charge in [-0.05, 0) is 48.5 Å². The minimum atomic E-state index is -1.82. The largest absolute Gasteiger partial charge is 0.508 e. The number of benzene rings is 2. The van der Waals surface area contributed by atoms with Gasteiger partial charge in [-0.3, -0.25) is 0 Å². The molecule has 2 unspecified atom stereocenters. The molecule has 2 saturated heterocycles. The Hall–Kier alpha value is -5.12. The molecule has 20 heteroatoms. The van der Waals surface area contributed by atoms with Crippen LogP contribution in [0.4, 0.5) is 9.59 Å². The third kappa shape index (κ3) is 20.8. The predicted octanol–water partition coefficient (Wildman–Crippen LogP) is -1.32. The molecule has 54 heavy (non-hydrogen) atoms. The van der Waals surface area contributed by atoms with E-state index in [4.69, 9.17) is 49.0 Å². The van der Waals surface area contributed by atoms with Crippen LogP contribution >= 0.6 is 0 Å². The van der Waals surface area contributed by atoms with Crippen LogP contribution in [0, 0.1) is 0 Å². The molecule has 302 valence electrons. The number of hydrogen-bond acceptors (Lipinski definition) is 14. The number of nitrogens with one attached hydrogen (secondary N) is 4. The number of carboxylic acid groups (broad SMARTS) is 2. The molecule has 2 atom stereocenters. The van der Waals surface area contributed by atoms with E-state index in [1.54, 1.807) is 34.1 Å². The lowest BCUT2D eigenvalue weighted by molar-refractivity contribution is -0.159. The standard InChI is InChI=1S/2C16H25N3O5.C2H2O4/c2*20-13-1-3-15(4-2-13)24-12-14(21)11-17-5-6-18-16(22)19-7-9-23-10-8-19;3-1(4)2(5)6/h2*1-4,14,17,20-21H,5-12H2,(H,18,22);(H,3,4)(H,5,6). The highest BCUT2D eigenvalue weighted by atomic mass is 16.5. The Kier molecular flexibility index (Phi) is 22.2. The van der Waals surface area contributed by atoms with Crippen LogP contribution in [-0.4, -0.2) is 182 Å². The third-order valence-corrected chi connectivity index (χ3v) is 7.25. The van der Waals surface area contributed by atoms with Crippen LogP contribution in [0.2, 0.25) is 0 Å². The number of aromatic hydroxyl groups is 2. The Morgan fingerprint density at radius 2 is 0.926 bits per heavy atom. The van der Waals surface area contributed by atoms with E-state index in [-0.39, 0.29) is 36.8 Å². The average molecular weight is 769 g/mol. The molecule has 2 heterocycles. The van der Waals surface area contributed by atoms with Gasteiger partial charge in [-0.25, -0.2) is 19.2 Å². The van der Waals surface area contributed by atoms with Crippen molar-refractivity contribution in [3.8, 4) is 23.0 Å². The van der Waals surface area contributed by atoms with Gasteiger partial charge in [0.2, 0.25) is 0 Å². The Labute approximate surface area is 312 Å². The molecule has 4 rings (SSSR count). The first kappa shape index (κ1) is 45.0. The maximum atomic E-state index is 11.8. The molecule has 0 spiro atoms. The van der Waals surface area contributed by atoms with Crippen LogP contribution < -0.4 is 30.7 Å². The Balaban J connectivity index is 0.000000325. The van der Waals surface area contributed by atoms with Crippen molar-refractivity contribution < 1.29 is 68.8 Å². The number of phenols is 2. The van der Waals surface area contributed by atoms with Gasteiger partial charge in [0.05, 0.1) is 26.4 Å². The highest BCUT2D eigenvalue weighted by Gasteiger charge is 2.17. The van der Waals surface area contributed by atoms with Gasteiger partial charge in [0.15, 0.2) is 0 Å². The van der Waals surface area contributed by atoms with Gasteiger partial charge in [0.25, 0.3) is 0 Å². The number of urea groups is 2. The zero-order chi connectivity index (χ0) is 39.6. The van der Waals surface area contributed by atoms with Crippen LogP contribution in [0.25, 0.3) is 0 Å². The van der Waals surface area contributed by atoms with Gasteiger partial charge in [-0.15, -0.1) is 0 Å². The molecule has 2 aromatic carbocycles. The fraction of sp³-hybridized carbons (Fsp3) is 0.529. The smallest absolute Gasteiger partial charge is 0.414 e. The van der Waals surface area contributed by atoms with E-state index in [1.807, 2.05) is 0 Å². The minimum Gasteiger partial charge on any atom is -0.508 e. The number of carbonyl (C=O) groups is 4. The van der Waals surface area contributed by atoms with Gasteiger partial charge in [0.1, 0.15) is 48.4 Å². The van der Waals surface area contributed by atoms with E-state index in [2.05, 4.69) is 21.3 Å². The molecule has 0 radical (unpaired) electrons. The molecular weight excluding hydrogens is 716 g/mol. The van der Waals surface area contributed by atoms with Gasteiger partial charge in [-0.1, -0.05) is 0 Å². The number of morpholine rings is 2. The molecule has 0 bridgehead atoms. The normalized spacial score (nSPS) is 14.9. The van der Waals surface area contributed by atoms with E-state index < -0.39 is 24.1 Å². The molecule has 4 amide bonds. The van der Waals surface area contributed by atoms with Gasteiger partial charge < -0.3 is 80.7 Å². The number of hydrogen-bond donors (Lipinski definition) is 10. The Morgan fingerprint density at radius 3 is 1.24 bits per heavy atom. The fourth-order valence-electron chi connectivity index (χ4n) is 4.40. The lowest BCUT2D eigenvalue weighted by atomic mass is 10.3. The molecule has 0 aliphatic carbocycles. The average Bonchev–Trinajstić information content (AvgIpc) is 3.18. The molecular formula is C34H52N6O14. The quantitative estimate of drug-likeness (QED) is 0.0701. The van der Waals surface area contributed by atoms with Gasteiger partial charge in [-0.2, -0.15) is 0 Å². The van der Waals surface area contributed by atoms with Crippen LogP contribution in [0.5, 0.6) is 23.0 Å². The summed E-state index contributed by atoms with van der Waals surface area (Å²) in [6, 6.07) is 12.5. The lowest BCUT2D eigenvalue weighted by Crippen LogP contribution is -2.47. The monoisotopic (exact) mass is 768 g/mol. The summed E-state index contributed by atoms with van der Waals surface area (Å²) in [4.78, 5) is 45.3. The summed E-state index contributed by atoms with van der Waals surface area (Å²) in [5.74, 6) is -2.13. The molecule has 2 aliphatic rings. The van der Waals surface area contributed by atoms with Crippen LogP contribution in [-0.2, 0) is 19.1 Å². The number of ether oxygens (including phenoxy) is 4. The number of carboxylic acids is 2. The summed E-state index contributed by atoms with van der Waals surface area (Å²) in [5.41, 5.74) is 0. The number of amides is 4. The summed E-state index contributed by atoms with van der Waals surface area (Å²) in [7, 11) is 0. The fourth-order valence-corrected chi connectivity index (χ4v) is 4.40. The second-order valence-corrected chi connectivity index (χ2v) is 11.6. The molecule has 2 aromatic rings. The van der Waals surface area contributed by atoms with E-state index in [1.165, 1.54) is 24.3 Å². The summed E-state index contributed by atoms with van der Waals surface area (Å²) in [5, 5.41) is 64.5. The lowest BCUT2D eigenvalue weighted by Gasteiger charge is -2.27. The van der Waals surface area contributed by atoms with E-state index >= 15 is 0 Å². The van der Waals surface area contributed by atoms with Crippen LogP contribution in [0.3, 0.4) is 0 Å². The van der Waals surface area contributed by atoms with Crippen molar-refractivity contribution in [2.24, 2.45) is 0 Å². The SMILES string of the molecule is O=C(NCCNCC(O)COc1ccc(O)cc1)N1CCOCC1.O=C(NCCNCC(O)COc1ccc(O)cc1)N1CCOCC1.O=C(O)C(=O)O. The Morgan fingerprint density at radius 1 is 0.593 bits per heavy atom. The highest BCUT2D eigenvalue weighted by molar-refractivity contribution is 6.27. The van der Waals surface area contributed by atoms with Crippen molar-refractivity contribution in [1.82, 2.24) is 31.1 Å². The van der Waals surface area contributed by atoms with E-state index in [0.29, 0.717) is 103 Å². The molecule has 2 fully saturated rings. The maximum Gasteiger partial charge on any atom is 0.414 e. The van der Waals surface area contributed by atoms with E-state index in [0.717, 1.165) is 0 Å². The topological polar surface area (TPSA) is 281 Å². The van der Waals surface area contributed by atoms with Crippen molar-refractivity contribution in [3.05, 3.63) is 48.5 Å². The van der Waals surface area contributed by atoms with Crippen molar-refractivity contribution in [3.63, 3.8) is 0 Å². The van der Waals surface area contributed by atoms with Crippen molar-refractivity contribution in [2.45, 2.75) is 12.2 Å². The second kappa shape index (κ2) is 26.6. The highest BCUT2D eigenvalue weighted by Crippen LogP contribution is 2.16. The number of carbonyl (C=O) groups excluding carboxylic acids is 2. The summed E-state index contributed by atoms with van der Waals surface area (Å²) in [6.07, 6.45) is -1.32. The predicted molar refractivity (Wildman–Crippen MR) is 192 cm³/mol. The van der Waals surface area contributed by atoms with Gasteiger partial charge >= 0.3 is 24.0 Å².